The smallest absolute Gasteiger partial charge is 0.188 e. The summed E-state index contributed by atoms with van der Waals surface area (Å²) in [7, 11) is 0. The second-order valence-corrected chi connectivity index (χ2v) is 4.33. The Labute approximate surface area is 85.3 Å². The summed E-state index contributed by atoms with van der Waals surface area (Å²) in [4.78, 5) is 8.61. The van der Waals surface area contributed by atoms with E-state index in [0.29, 0.717) is 0 Å². The van der Waals surface area contributed by atoms with Gasteiger partial charge in [0.15, 0.2) is 5.16 Å². The van der Waals surface area contributed by atoms with Crippen molar-refractivity contribution in [1.29, 1.82) is 0 Å². The van der Waals surface area contributed by atoms with Crippen LogP contribution >= 0.6 is 27.7 Å². The summed E-state index contributed by atoms with van der Waals surface area (Å²) in [6, 6.07) is 1.98. The van der Waals surface area contributed by atoms with Crippen LogP contribution in [0.5, 0.6) is 0 Å². The molecule has 2 nitrogen and oxygen atoms in total. The molecule has 0 radical (unpaired) electrons. The second kappa shape index (κ2) is 4.82. The van der Waals surface area contributed by atoms with E-state index in [1.165, 1.54) is 0 Å². The highest BCUT2D eigenvalue weighted by Gasteiger charge is 1.98. The summed E-state index contributed by atoms with van der Waals surface area (Å²) in [5.41, 5.74) is 2.08. The van der Waals surface area contributed by atoms with Crippen LogP contribution in [0.3, 0.4) is 0 Å². The number of aryl methyl sites for hydroxylation is 2. The van der Waals surface area contributed by atoms with Crippen molar-refractivity contribution in [3.63, 3.8) is 0 Å². The Kier molecular flexibility index (Phi) is 4.01. The van der Waals surface area contributed by atoms with Crippen LogP contribution in [0.4, 0.5) is 0 Å². The van der Waals surface area contributed by atoms with Gasteiger partial charge in [-0.15, -0.1) is 0 Å². The lowest BCUT2D eigenvalue weighted by atomic mass is 10.4. The molecule has 0 bridgehead atoms. The summed E-state index contributed by atoms with van der Waals surface area (Å²) in [5.74, 6) is 1.02. The maximum Gasteiger partial charge on any atom is 0.188 e. The van der Waals surface area contributed by atoms with Gasteiger partial charge < -0.3 is 0 Å². The molecule has 1 heterocycles. The number of hydrogen-bond donors (Lipinski definition) is 0. The molecular weight excluding hydrogens is 236 g/mol. The van der Waals surface area contributed by atoms with Gasteiger partial charge in [0.1, 0.15) is 0 Å². The Balaban J connectivity index is 2.72. The summed E-state index contributed by atoms with van der Waals surface area (Å²) >= 11 is 5.05. The van der Waals surface area contributed by atoms with Gasteiger partial charge in [0.25, 0.3) is 0 Å². The first-order valence-electron chi connectivity index (χ1n) is 3.73. The molecule has 0 aliphatic carbocycles. The number of rotatable bonds is 3. The molecule has 0 amide bonds. The number of halogens is 1. The standard InChI is InChI=1S/C8H11BrN2S/c1-6-5-7(2)11-8(10-6)12-4-3-9/h5H,3-4H2,1-2H3. The van der Waals surface area contributed by atoms with Gasteiger partial charge in [-0.3, -0.25) is 0 Å². The Morgan fingerprint density at radius 1 is 1.33 bits per heavy atom. The summed E-state index contributed by atoms with van der Waals surface area (Å²) in [6.07, 6.45) is 0. The molecule has 66 valence electrons. The lowest BCUT2D eigenvalue weighted by Crippen LogP contribution is -1.93. The zero-order valence-electron chi connectivity index (χ0n) is 7.17. The first-order chi connectivity index (χ1) is 5.72. The maximum atomic E-state index is 4.30. The number of hydrogen-bond acceptors (Lipinski definition) is 3. The van der Waals surface area contributed by atoms with Crippen molar-refractivity contribution < 1.29 is 0 Å². The van der Waals surface area contributed by atoms with Crippen molar-refractivity contribution in [2.75, 3.05) is 11.1 Å². The molecule has 0 spiro atoms. The first-order valence-corrected chi connectivity index (χ1v) is 5.84. The minimum Gasteiger partial charge on any atom is -0.228 e. The quantitative estimate of drug-likeness (QED) is 0.466. The average molecular weight is 247 g/mol. The molecule has 0 aliphatic heterocycles. The van der Waals surface area contributed by atoms with E-state index in [2.05, 4.69) is 25.9 Å². The summed E-state index contributed by atoms with van der Waals surface area (Å²) in [6.45, 7) is 3.99. The third kappa shape index (κ3) is 3.11. The van der Waals surface area contributed by atoms with Gasteiger partial charge in [0.2, 0.25) is 0 Å². The van der Waals surface area contributed by atoms with E-state index in [9.17, 15) is 0 Å². The van der Waals surface area contributed by atoms with E-state index in [1.807, 2.05) is 19.9 Å². The third-order valence-electron chi connectivity index (χ3n) is 1.27. The van der Waals surface area contributed by atoms with Crippen LogP contribution in [0.25, 0.3) is 0 Å². The van der Waals surface area contributed by atoms with Gasteiger partial charge in [0, 0.05) is 22.5 Å². The van der Waals surface area contributed by atoms with E-state index in [0.717, 1.165) is 27.6 Å². The number of nitrogens with zero attached hydrogens (tertiary/aromatic N) is 2. The zero-order chi connectivity index (χ0) is 8.97. The topological polar surface area (TPSA) is 25.8 Å². The summed E-state index contributed by atoms with van der Waals surface area (Å²) < 4.78 is 0. The zero-order valence-corrected chi connectivity index (χ0v) is 9.57. The predicted molar refractivity (Wildman–Crippen MR) is 56.0 cm³/mol. The van der Waals surface area contributed by atoms with Crippen LogP contribution < -0.4 is 0 Å². The SMILES string of the molecule is Cc1cc(C)nc(SCCBr)n1. The van der Waals surface area contributed by atoms with Crippen molar-refractivity contribution in [3.8, 4) is 0 Å². The molecule has 0 saturated heterocycles. The monoisotopic (exact) mass is 246 g/mol. The van der Waals surface area contributed by atoms with Crippen LogP contribution in [0.2, 0.25) is 0 Å². The number of thioether (sulfide) groups is 1. The highest BCUT2D eigenvalue weighted by Crippen LogP contribution is 2.13. The Hall–Kier alpha value is -0.0900. The van der Waals surface area contributed by atoms with Crippen LogP contribution in [-0.4, -0.2) is 21.1 Å². The van der Waals surface area contributed by atoms with Crippen molar-refractivity contribution in [1.82, 2.24) is 9.97 Å². The molecule has 0 fully saturated rings. The highest BCUT2D eigenvalue weighted by molar-refractivity contribution is 9.09. The molecule has 1 rings (SSSR count). The third-order valence-corrected chi connectivity index (χ3v) is 3.04. The Bertz CT molecular complexity index is 245. The molecule has 1 aromatic heterocycles. The molecule has 0 aliphatic rings. The second-order valence-electron chi connectivity index (χ2n) is 2.47. The molecule has 0 N–H and O–H groups in total. The molecule has 0 aromatic carbocycles. The fraction of sp³-hybridized carbons (Fsp3) is 0.500. The molecule has 12 heavy (non-hydrogen) atoms. The molecule has 1 aromatic rings. The van der Waals surface area contributed by atoms with Gasteiger partial charge in [-0.05, 0) is 19.9 Å². The molecular formula is C8H11BrN2S. The van der Waals surface area contributed by atoms with Crippen molar-refractivity contribution in [2.45, 2.75) is 19.0 Å². The van der Waals surface area contributed by atoms with Crippen molar-refractivity contribution in [3.05, 3.63) is 17.5 Å². The molecule has 0 saturated carbocycles. The Morgan fingerprint density at radius 3 is 2.42 bits per heavy atom. The van der Waals surface area contributed by atoms with Crippen LogP contribution in [0, 0.1) is 13.8 Å². The van der Waals surface area contributed by atoms with Gasteiger partial charge in [-0.25, -0.2) is 9.97 Å². The fourth-order valence-electron chi connectivity index (χ4n) is 0.888. The predicted octanol–water partition coefficient (Wildman–Crippen LogP) is 2.58. The fourth-order valence-corrected chi connectivity index (χ4v) is 2.05. The summed E-state index contributed by atoms with van der Waals surface area (Å²) in [5, 5.41) is 1.86. The van der Waals surface area contributed by atoms with Gasteiger partial charge in [0.05, 0.1) is 0 Å². The minimum atomic E-state index is 0.881. The normalized spacial score (nSPS) is 10.2. The van der Waals surface area contributed by atoms with Crippen LogP contribution in [-0.2, 0) is 0 Å². The van der Waals surface area contributed by atoms with Gasteiger partial charge >= 0.3 is 0 Å². The molecule has 0 unspecified atom stereocenters. The molecule has 4 heteroatoms. The number of aromatic nitrogens is 2. The first kappa shape index (κ1) is 9.99. The van der Waals surface area contributed by atoms with E-state index in [1.54, 1.807) is 11.8 Å². The van der Waals surface area contributed by atoms with Crippen LogP contribution in [0.15, 0.2) is 11.2 Å². The average Bonchev–Trinajstić information content (AvgIpc) is 1.99. The molecule has 0 atom stereocenters. The van der Waals surface area contributed by atoms with Gasteiger partial charge in [-0.2, -0.15) is 0 Å². The van der Waals surface area contributed by atoms with Crippen LogP contribution in [0.1, 0.15) is 11.4 Å². The number of alkyl halides is 1. The largest absolute Gasteiger partial charge is 0.228 e. The van der Waals surface area contributed by atoms with E-state index < -0.39 is 0 Å². The lowest BCUT2D eigenvalue weighted by molar-refractivity contribution is 0.903. The van der Waals surface area contributed by atoms with Crippen molar-refractivity contribution >= 4 is 27.7 Å². The van der Waals surface area contributed by atoms with E-state index in [-0.39, 0.29) is 0 Å². The lowest BCUT2D eigenvalue weighted by Gasteiger charge is -2.00. The van der Waals surface area contributed by atoms with Gasteiger partial charge in [-0.1, -0.05) is 27.7 Å². The maximum absolute atomic E-state index is 4.30. The van der Waals surface area contributed by atoms with E-state index in [4.69, 9.17) is 0 Å². The van der Waals surface area contributed by atoms with E-state index >= 15 is 0 Å². The Morgan fingerprint density at radius 2 is 1.92 bits per heavy atom. The van der Waals surface area contributed by atoms with Crippen molar-refractivity contribution in [2.24, 2.45) is 0 Å². The highest BCUT2D eigenvalue weighted by atomic mass is 79.9. The minimum absolute atomic E-state index is 0.881.